The fraction of sp³-hybridized carbons (Fsp3) is 0. The molecule has 0 aliphatic heterocycles. The maximum absolute atomic E-state index is 12.3. The second kappa shape index (κ2) is 4.41. The van der Waals surface area contributed by atoms with E-state index in [1.807, 2.05) is 0 Å². The van der Waals surface area contributed by atoms with Crippen molar-refractivity contribution in [2.24, 2.45) is 0 Å². The van der Waals surface area contributed by atoms with E-state index in [0.717, 1.165) is 0 Å². The summed E-state index contributed by atoms with van der Waals surface area (Å²) in [5.41, 5.74) is 0.701. The number of hydrogen-bond donors (Lipinski definition) is 2. The summed E-state index contributed by atoms with van der Waals surface area (Å²) in [6.07, 6.45) is 4.71. The van der Waals surface area contributed by atoms with Gasteiger partial charge in [-0.2, -0.15) is 0 Å². The van der Waals surface area contributed by atoms with Gasteiger partial charge in [-0.3, -0.25) is 14.7 Å². The standard InChI is InChI=1S/C13H10N4O2/c18-12-5-4-9(7-15-12)10-8-16-17(13(10)19)11-3-1-2-6-14-11/h1-8,16H,(H,15,18). The Bertz CT molecular complexity index is 794. The lowest BCUT2D eigenvalue weighted by molar-refractivity contribution is 0.819. The van der Waals surface area contributed by atoms with Gasteiger partial charge < -0.3 is 4.98 Å². The largest absolute Gasteiger partial charge is 0.328 e. The van der Waals surface area contributed by atoms with Crippen molar-refractivity contribution in [3.05, 3.63) is 69.6 Å². The molecular weight excluding hydrogens is 244 g/mol. The van der Waals surface area contributed by atoms with Gasteiger partial charge in [-0.05, 0) is 18.2 Å². The number of pyridine rings is 2. The van der Waals surface area contributed by atoms with E-state index in [9.17, 15) is 9.59 Å². The van der Waals surface area contributed by atoms with Gasteiger partial charge in [-0.15, -0.1) is 0 Å². The molecule has 0 aliphatic rings. The molecule has 0 spiro atoms. The van der Waals surface area contributed by atoms with Gasteiger partial charge in [0.25, 0.3) is 5.56 Å². The molecule has 19 heavy (non-hydrogen) atoms. The Labute approximate surface area is 107 Å². The van der Waals surface area contributed by atoms with Crippen LogP contribution in [-0.2, 0) is 0 Å². The SMILES string of the molecule is O=c1ccc(-c2c[nH]n(-c3ccccn3)c2=O)c[nH]1. The molecule has 3 aromatic heterocycles. The first-order valence-corrected chi connectivity index (χ1v) is 5.66. The van der Waals surface area contributed by atoms with Crippen LogP contribution in [0, 0.1) is 0 Å². The molecule has 3 rings (SSSR count). The summed E-state index contributed by atoms with van der Waals surface area (Å²) in [5, 5.41) is 2.85. The zero-order valence-electron chi connectivity index (χ0n) is 9.83. The van der Waals surface area contributed by atoms with Crippen molar-refractivity contribution in [1.29, 1.82) is 0 Å². The van der Waals surface area contributed by atoms with Crippen LogP contribution in [0.4, 0.5) is 0 Å². The monoisotopic (exact) mass is 254 g/mol. The predicted molar refractivity (Wildman–Crippen MR) is 70.2 cm³/mol. The van der Waals surface area contributed by atoms with Gasteiger partial charge in [0.15, 0.2) is 5.82 Å². The minimum absolute atomic E-state index is 0.204. The summed E-state index contributed by atoms with van der Waals surface area (Å²) in [5.74, 6) is 0.517. The lowest BCUT2D eigenvalue weighted by Gasteiger charge is -1.98. The minimum atomic E-state index is -0.217. The number of hydrogen-bond acceptors (Lipinski definition) is 3. The van der Waals surface area contributed by atoms with Crippen LogP contribution in [0.5, 0.6) is 0 Å². The molecule has 0 amide bonds. The smallest absolute Gasteiger partial charge is 0.280 e. The van der Waals surface area contributed by atoms with Gasteiger partial charge >= 0.3 is 0 Å². The maximum atomic E-state index is 12.3. The number of nitrogens with one attached hydrogen (secondary N) is 2. The first kappa shape index (κ1) is 11.2. The Balaban J connectivity index is 2.12. The van der Waals surface area contributed by atoms with Crippen LogP contribution in [-0.4, -0.2) is 19.7 Å². The highest BCUT2D eigenvalue weighted by atomic mass is 16.1. The highest BCUT2D eigenvalue weighted by Gasteiger charge is 2.10. The molecule has 6 nitrogen and oxygen atoms in total. The average Bonchev–Trinajstić information content (AvgIpc) is 2.83. The normalized spacial score (nSPS) is 10.5. The van der Waals surface area contributed by atoms with E-state index in [1.165, 1.54) is 16.9 Å². The van der Waals surface area contributed by atoms with Crippen LogP contribution >= 0.6 is 0 Å². The fourth-order valence-electron chi connectivity index (χ4n) is 1.81. The maximum Gasteiger partial charge on any atom is 0.280 e. The second-order valence-corrected chi connectivity index (χ2v) is 3.96. The highest BCUT2D eigenvalue weighted by Crippen LogP contribution is 2.12. The molecule has 3 aromatic rings. The molecule has 6 heteroatoms. The summed E-state index contributed by atoms with van der Waals surface area (Å²) in [4.78, 5) is 29.9. The minimum Gasteiger partial charge on any atom is -0.328 e. The van der Waals surface area contributed by atoms with E-state index in [2.05, 4.69) is 15.1 Å². The van der Waals surface area contributed by atoms with Crippen LogP contribution in [0.25, 0.3) is 16.9 Å². The zero-order valence-corrected chi connectivity index (χ0v) is 9.83. The molecule has 0 aromatic carbocycles. The molecule has 3 heterocycles. The topological polar surface area (TPSA) is 83.5 Å². The van der Waals surface area contributed by atoms with Crippen LogP contribution < -0.4 is 11.1 Å². The molecule has 0 radical (unpaired) electrons. The van der Waals surface area contributed by atoms with Gasteiger partial charge in [0, 0.05) is 30.2 Å². The summed E-state index contributed by atoms with van der Waals surface area (Å²) < 4.78 is 1.35. The summed E-state index contributed by atoms with van der Waals surface area (Å²) in [6.45, 7) is 0. The summed E-state index contributed by atoms with van der Waals surface area (Å²) in [7, 11) is 0. The zero-order chi connectivity index (χ0) is 13.2. The van der Waals surface area contributed by atoms with Gasteiger partial charge in [0.2, 0.25) is 5.56 Å². The third-order valence-electron chi connectivity index (χ3n) is 2.75. The Kier molecular flexibility index (Phi) is 2.60. The molecule has 2 N–H and O–H groups in total. The third-order valence-corrected chi connectivity index (χ3v) is 2.75. The number of rotatable bonds is 2. The molecule has 0 bridgehead atoms. The van der Waals surface area contributed by atoms with Crippen molar-refractivity contribution in [2.75, 3.05) is 0 Å². The van der Waals surface area contributed by atoms with E-state index in [0.29, 0.717) is 16.9 Å². The van der Waals surface area contributed by atoms with Gasteiger partial charge in [0.1, 0.15) is 0 Å². The molecule has 0 fully saturated rings. The average molecular weight is 254 g/mol. The van der Waals surface area contributed by atoms with Crippen molar-refractivity contribution in [1.82, 2.24) is 19.7 Å². The molecule has 0 saturated carbocycles. The molecule has 0 saturated heterocycles. The van der Waals surface area contributed by atoms with Crippen molar-refractivity contribution in [3.63, 3.8) is 0 Å². The molecule has 0 aliphatic carbocycles. The van der Waals surface area contributed by atoms with Crippen LogP contribution in [0.2, 0.25) is 0 Å². The predicted octanol–water partition coefficient (Wildman–Crippen LogP) is 0.916. The fourth-order valence-corrected chi connectivity index (χ4v) is 1.81. The van der Waals surface area contributed by atoms with Crippen molar-refractivity contribution >= 4 is 0 Å². The first-order chi connectivity index (χ1) is 9.25. The number of aromatic nitrogens is 4. The Hall–Kier alpha value is -2.89. The van der Waals surface area contributed by atoms with Crippen LogP contribution in [0.15, 0.2) is 58.5 Å². The number of H-pyrrole nitrogens is 2. The Morgan fingerprint density at radius 2 is 1.95 bits per heavy atom. The van der Waals surface area contributed by atoms with E-state index >= 15 is 0 Å². The Morgan fingerprint density at radius 3 is 2.63 bits per heavy atom. The molecule has 94 valence electrons. The van der Waals surface area contributed by atoms with Crippen molar-refractivity contribution in [3.8, 4) is 16.9 Å². The van der Waals surface area contributed by atoms with Gasteiger partial charge in [-0.1, -0.05) is 6.07 Å². The second-order valence-electron chi connectivity index (χ2n) is 3.96. The van der Waals surface area contributed by atoms with Crippen LogP contribution in [0.1, 0.15) is 0 Å². The third kappa shape index (κ3) is 1.99. The van der Waals surface area contributed by atoms with Gasteiger partial charge in [-0.25, -0.2) is 9.67 Å². The number of aromatic amines is 2. The van der Waals surface area contributed by atoms with Crippen molar-refractivity contribution in [2.45, 2.75) is 0 Å². The molecule has 0 atom stereocenters. The Morgan fingerprint density at radius 1 is 1.05 bits per heavy atom. The van der Waals surface area contributed by atoms with E-state index < -0.39 is 0 Å². The lowest BCUT2D eigenvalue weighted by Crippen LogP contribution is -2.17. The first-order valence-electron chi connectivity index (χ1n) is 5.66. The van der Waals surface area contributed by atoms with Crippen LogP contribution in [0.3, 0.4) is 0 Å². The van der Waals surface area contributed by atoms with Gasteiger partial charge in [0.05, 0.1) is 5.56 Å². The van der Waals surface area contributed by atoms with E-state index in [-0.39, 0.29) is 11.1 Å². The highest BCUT2D eigenvalue weighted by molar-refractivity contribution is 5.60. The number of nitrogens with zero attached hydrogens (tertiary/aromatic N) is 2. The van der Waals surface area contributed by atoms with Crippen molar-refractivity contribution < 1.29 is 0 Å². The summed E-state index contributed by atoms with van der Waals surface area (Å²) in [6, 6.07) is 8.29. The quantitative estimate of drug-likeness (QED) is 0.713. The summed E-state index contributed by atoms with van der Waals surface area (Å²) >= 11 is 0. The van der Waals surface area contributed by atoms with E-state index in [1.54, 1.807) is 36.7 Å². The lowest BCUT2D eigenvalue weighted by atomic mass is 10.2. The molecule has 0 unspecified atom stereocenters. The van der Waals surface area contributed by atoms with E-state index in [4.69, 9.17) is 0 Å². The molecular formula is C13H10N4O2.